The van der Waals surface area contributed by atoms with Crippen molar-refractivity contribution in [1.82, 2.24) is 0 Å². The van der Waals surface area contributed by atoms with Gasteiger partial charge in [0.15, 0.2) is 6.29 Å². The van der Waals surface area contributed by atoms with Crippen LogP contribution in [0.4, 0.5) is 0 Å². The van der Waals surface area contributed by atoms with Gasteiger partial charge in [-0.25, -0.2) is 0 Å². The Hall–Kier alpha value is -1.28. The van der Waals surface area contributed by atoms with Crippen LogP contribution in [0.1, 0.15) is 72.8 Å². The Kier molecular flexibility index (Phi) is 9.01. The van der Waals surface area contributed by atoms with Gasteiger partial charge in [0, 0.05) is 0 Å². The SMILES string of the molecule is C/C=C(\CC(C)C)c1ccc(OC(C)OC(CC)CCC)cc1. The van der Waals surface area contributed by atoms with Crippen molar-refractivity contribution in [3.8, 4) is 5.75 Å². The third kappa shape index (κ3) is 7.22. The number of hydrogen-bond donors (Lipinski definition) is 0. The van der Waals surface area contributed by atoms with Crippen molar-refractivity contribution in [2.75, 3.05) is 0 Å². The molecule has 0 spiro atoms. The zero-order chi connectivity index (χ0) is 17.2. The van der Waals surface area contributed by atoms with Crippen molar-refractivity contribution >= 4 is 5.57 Å². The van der Waals surface area contributed by atoms with Crippen LogP contribution in [0.15, 0.2) is 30.3 Å². The van der Waals surface area contributed by atoms with Crippen LogP contribution in [0.25, 0.3) is 5.57 Å². The lowest BCUT2D eigenvalue weighted by molar-refractivity contribution is -0.110. The molecule has 0 aliphatic heterocycles. The highest BCUT2D eigenvalue weighted by molar-refractivity contribution is 5.65. The number of hydrogen-bond acceptors (Lipinski definition) is 2. The summed E-state index contributed by atoms with van der Waals surface area (Å²) >= 11 is 0. The molecule has 0 aromatic heterocycles. The number of benzene rings is 1. The first kappa shape index (κ1) is 19.8. The minimum Gasteiger partial charge on any atom is -0.465 e. The second-order valence-electron chi connectivity index (χ2n) is 6.58. The molecule has 2 unspecified atom stereocenters. The first-order valence-corrected chi connectivity index (χ1v) is 9.07. The molecule has 1 aromatic carbocycles. The van der Waals surface area contributed by atoms with Crippen molar-refractivity contribution < 1.29 is 9.47 Å². The molecule has 23 heavy (non-hydrogen) atoms. The number of ether oxygens (including phenoxy) is 2. The summed E-state index contributed by atoms with van der Waals surface area (Å²) in [6, 6.07) is 8.37. The molecule has 0 aliphatic carbocycles. The van der Waals surface area contributed by atoms with E-state index in [0.717, 1.165) is 31.4 Å². The van der Waals surface area contributed by atoms with E-state index in [1.165, 1.54) is 11.1 Å². The molecule has 0 saturated carbocycles. The summed E-state index contributed by atoms with van der Waals surface area (Å²) in [6.07, 6.45) is 6.64. The van der Waals surface area contributed by atoms with Crippen molar-refractivity contribution in [3.05, 3.63) is 35.9 Å². The zero-order valence-corrected chi connectivity index (χ0v) is 15.8. The maximum atomic E-state index is 5.96. The molecule has 0 amide bonds. The lowest BCUT2D eigenvalue weighted by atomic mass is 9.96. The third-order valence-electron chi connectivity index (χ3n) is 3.95. The second-order valence-corrected chi connectivity index (χ2v) is 6.58. The van der Waals surface area contributed by atoms with Crippen molar-refractivity contribution in [1.29, 1.82) is 0 Å². The van der Waals surface area contributed by atoms with Gasteiger partial charge in [0.25, 0.3) is 0 Å². The van der Waals surface area contributed by atoms with Crippen LogP contribution >= 0.6 is 0 Å². The Morgan fingerprint density at radius 3 is 2.22 bits per heavy atom. The fourth-order valence-corrected chi connectivity index (χ4v) is 2.77. The van der Waals surface area contributed by atoms with E-state index < -0.39 is 0 Å². The molecule has 0 radical (unpaired) electrons. The van der Waals surface area contributed by atoms with Crippen LogP contribution < -0.4 is 4.74 Å². The van der Waals surface area contributed by atoms with Gasteiger partial charge in [0.05, 0.1) is 6.10 Å². The van der Waals surface area contributed by atoms with Gasteiger partial charge in [0.1, 0.15) is 5.75 Å². The smallest absolute Gasteiger partial charge is 0.197 e. The van der Waals surface area contributed by atoms with E-state index in [1.807, 2.05) is 19.1 Å². The van der Waals surface area contributed by atoms with E-state index in [-0.39, 0.29) is 12.4 Å². The highest BCUT2D eigenvalue weighted by Crippen LogP contribution is 2.25. The summed E-state index contributed by atoms with van der Waals surface area (Å²) in [5.74, 6) is 1.53. The molecule has 0 fully saturated rings. The van der Waals surface area contributed by atoms with Crippen molar-refractivity contribution in [2.45, 2.75) is 79.6 Å². The van der Waals surface area contributed by atoms with Gasteiger partial charge in [-0.05, 0) is 62.3 Å². The highest BCUT2D eigenvalue weighted by atomic mass is 16.7. The lowest BCUT2D eigenvalue weighted by Gasteiger charge is -2.22. The van der Waals surface area contributed by atoms with Crippen LogP contribution in [0, 0.1) is 5.92 Å². The average Bonchev–Trinajstić information content (AvgIpc) is 2.52. The summed E-state index contributed by atoms with van der Waals surface area (Å²) in [6.45, 7) is 12.9. The summed E-state index contributed by atoms with van der Waals surface area (Å²) in [5.41, 5.74) is 2.67. The molecule has 1 aromatic rings. The van der Waals surface area contributed by atoms with Crippen LogP contribution in [-0.4, -0.2) is 12.4 Å². The number of rotatable bonds is 10. The lowest BCUT2D eigenvalue weighted by Crippen LogP contribution is -2.24. The van der Waals surface area contributed by atoms with Gasteiger partial charge < -0.3 is 9.47 Å². The fraction of sp³-hybridized carbons (Fsp3) is 0.619. The summed E-state index contributed by atoms with van der Waals surface area (Å²) in [5, 5.41) is 0. The van der Waals surface area contributed by atoms with Gasteiger partial charge in [-0.15, -0.1) is 0 Å². The van der Waals surface area contributed by atoms with Gasteiger partial charge >= 0.3 is 0 Å². The van der Waals surface area contributed by atoms with Gasteiger partial charge in [-0.3, -0.25) is 0 Å². The van der Waals surface area contributed by atoms with E-state index in [9.17, 15) is 0 Å². The highest BCUT2D eigenvalue weighted by Gasteiger charge is 2.12. The molecule has 2 atom stereocenters. The summed E-state index contributed by atoms with van der Waals surface area (Å²) in [7, 11) is 0. The monoisotopic (exact) mass is 318 g/mol. The average molecular weight is 319 g/mol. The van der Waals surface area contributed by atoms with Gasteiger partial charge in [-0.1, -0.05) is 52.3 Å². The first-order chi connectivity index (χ1) is 11.0. The topological polar surface area (TPSA) is 18.5 Å². The number of allylic oxidation sites excluding steroid dienone is 2. The largest absolute Gasteiger partial charge is 0.465 e. The third-order valence-corrected chi connectivity index (χ3v) is 3.95. The maximum Gasteiger partial charge on any atom is 0.197 e. The summed E-state index contributed by atoms with van der Waals surface area (Å²) in [4.78, 5) is 0. The van der Waals surface area contributed by atoms with Gasteiger partial charge in [0.2, 0.25) is 0 Å². The molecule has 0 saturated heterocycles. The van der Waals surface area contributed by atoms with E-state index in [4.69, 9.17) is 9.47 Å². The van der Waals surface area contributed by atoms with E-state index >= 15 is 0 Å². The molecular formula is C21H34O2. The normalized spacial score (nSPS) is 14.8. The molecule has 130 valence electrons. The Morgan fingerprint density at radius 1 is 1.09 bits per heavy atom. The van der Waals surface area contributed by atoms with Crippen LogP contribution in [0.2, 0.25) is 0 Å². The second kappa shape index (κ2) is 10.5. The van der Waals surface area contributed by atoms with Crippen molar-refractivity contribution in [3.63, 3.8) is 0 Å². The zero-order valence-electron chi connectivity index (χ0n) is 15.8. The molecule has 0 heterocycles. The van der Waals surface area contributed by atoms with Crippen molar-refractivity contribution in [2.24, 2.45) is 5.92 Å². The van der Waals surface area contributed by atoms with E-state index in [2.05, 4.69) is 52.8 Å². The quantitative estimate of drug-likeness (QED) is 0.461. The van der Waals surface area contributed by atoms with E-state index in [0.29, 0.717) is 5.92 Å². The van der Waals surface area contributed by atoms with Crippen LogP contribution in [0.5, 0.6) is 5.75 Å². The predicted molar refractivity (Wildman–Crippen MR) is 99.7 cm³/mol. The molecule has 1 rings (SSSR count). The molecule has 2 nitrogen and oxygen atoms in total. The van der Waals surface area contributed by atoms with E-state index in [1.54, 1.807) is 0 Å². The fourth-order valence-electron chi connectivity index (χ4n) is 2.77. The predicted octanol–water partition coefficient (Wildman–Crippen LogP) is 6.46. The van der Waals surface area contributed by atoms with Crippen LogP contribution in [0.3, 0.4) is 0 Å². The molecule has 0 bridgehead atoms. The first-order valence-electron chi connectivity index (χ1n) is 9.07. The Bertz CT molecular complexity index is 459. The minimum atomic E-state index is -0.214. The maximum absolute atomic E-state index is 5.96. The molecule has 2 heteroatoms. The van der Waals surface area contributed by atoms with Crippen LogP contribution in [-0.2, 0) is 4.74 Å². The summed E-state index contributed by atoms with van der Waals surface area (Å²) < 4.78 is 11.9. The standard InChI is InChI=1S/C21H34O2/c1-7-10-20(9-3)22-17(6)23-21-13-11-19(12-14-21)18(8-2)15-16(4)5/h8,11-14,16-17,20H,7,9-10,15H2,1-6H3/b18-8+. The Labute approximate surface area is 142 Å². The molecule has 0 N–H and O–H groups in total. The molecule has 0 aliphatic rings. The van der Waals surface area contributed by atoms with Gasteiger partial charge in [-0.2, -0.15) is 0 Å². The Balaban J connectivity index is 2.62. The minimum absolute atomic E-state index is 0.214. The molecular weight excluding hydrogens is 284 g/mol. The Morgan fingerprint density at radius 2 is 1.74 bits per heavy atom.